The van der Waals surface area contributed by atoms with E-state index in [0.29, 0.717) is 11.6 Å². The Hall–Kier alpha value is -0.0800. The lowest BCUT2D eigenvalue weighted by Crippen LogP contribution is -2.53. The quantitative estimate of drug-likeness (QED) is 0.623. The molecule has 2 atom stereocenters. The highest BCUT2D eigenvalue weighted by molar-refractivity contribution is 5.01. The number of nitrogens with zero attached hydrogens (tertiary/aromatic N) is 1. The molecule has 2 unspecified atom stereocenters. The molecule has 2 aliphatic rings. The van der Waals surface area contributed by atoms with Crippen LogP contribution in [0.3, 0.4) is 0 Å². The number of likely N-dealkylation sites (N-methyl/N-ethyl adjacent to an activating group) is 1. The second-order valence-corrected chi connectivity index (χ2v) is 4.29. The van der Waals surface area contributed by atoms with Gasteiger partial charge in [-0.05, 0) is 26.3 Å². The third-order valence-corrected chi connectivity index (χ3v) is 3.64. The molecule has 0 radical (unpaired) electrons. The van der Waals surface area contributed by atoms with Crippen molar-refractivity contribution in [2.75, 3.05) is 20.3 Å². The van der Waals surface area contributed by atoms with Crippen molar-refractivity contribution in [1.82, 2.24) is 4.90 Å². The third kappa shape index (κ3) is 1.09. The van der Waals surface area contributed by atoms with Crippen molar-refractivity contribution in [1.29, 1.82) is 0 Å². The van der Waals surface area contributed by atoms with Crippen LogP contribution in [-0.2, 0) is 4.74 Å². The summed E-state index contributed by atoms with van der Waals surface area (Å²) in [5.41, 5.74) is 0.414. The van der Waals surface area contributed by atoms with Gasteiger partial charge in [0.1, 0.15) is 0 Å². The minimum Gasteiger partial charge on any atom is -0.378 e. The van der Waals surface area contributed by atoms with E-state index in [1.165, 1.54) is 25.7 Å². The first kappa shape index (κ1) is 8.52. The zero-order valence-electron chi connectivity index (χ0n) is 8.18. The molecule has 2 bridgehead atoms. The number of morpholine rings is 1. The number of hydrogen-bond acceptors (Lipinski definition) is 2. The first-order chi connectivity index (χ1) is 5.78. The molecule has 0 aliphatic carbocycles. The van der Waals surface area contributed by atoms with E-state index in [0.717, 1.165) is 13.2 Å². The molecule has 0 saturated carbocycles. The molecule has 2 nitrogen and oxygen atoms in total. The predicted molar refractivity (Wildman–Crippen MR) is 49.2 cm³/mol. The number of fused-ring (bicyclic) bond motifs is 2. The fourth-order valence-electron chi connectivity index (χ4n) is 2.79. The SMILES string of the molecule is CCCC12CCC(COC1)N2C. The molecule has 2 heterocycles. The lowest BCUT2D eigenvalue weighted by Gasteiger charge is -2.42. The van der Waals surface area contributed by atoms with E-state index in [9.17, 15) is 0 Å². The van der Waals surface area contributed by atoms with Crippen LogP contribution in [0.15, 0.2) is 0 Å². The Balaban J connectivity index is 2.12. The Kier molecular flexibility index (Phi) is 2.13. The Bertz CT molecular complexity index is 162. The van der Waals surface area contributed by atoms with Crippen molar-refractivity contribution in [2.24, 2.45) is 0 Å². The van der Waals surface area contributed by atoms with E-state index >= 15 is 0 Å². The second kappa shape index (κ2) is 3.00. The molecule has 2 aliphatic heterocycles. The Morgan fingerprint density at radius 1 is 1.58 bits per heavy atom. The normalized spacial score (nSPS) is 42.0. The molecule has 0 N–H and O–H groups in total. The van der Waals surface area contributed by atoms with Gasteiger partial charge in [0.05, 0.1) is 13.2 Å². The molecule has 0 spiro atoms. The van der Waals surface area contributed by atoms with Crippen LogP contribution in [0.4, 0.5) is 0 Å². The predicted octanol–water partition coefficient (Wildman–Crippen LogP) is 1.65. The van der Waals surface area contributed by atoms with E-state index in [2.05, 4.69) is 18.9 Å². The summed E-state index contributed by atoms with van der Waals surface area (Å²) in [7, 11) is 2.27. The summed E-state index contributed by atoms with van der Waals surface area (Å²) >= 11 is 0. The number of ether oxygens (including phenoxy) is 1. The lowest BCUT2D eigenvalue weighted by molar-refractivity contribution is -0.0583. The van der Waals surface area contributed by atoms with Gasteiger partial charge >= 0.3 is 0 Å². The first-order valence-corrected chi connectivity index (χ1v) is 5.09. The van der Waals surface area contributed by atoms with Crippen LogP contribution in [0.25, 0.3) is 0 Å². The van der Waals surface area contributed by atoms with Gasteiger partial charge in [-0.3, -0.25) is 4.90 Å². The van der Waals surface area contributed by atoms with Gasteiger partial charge < -0.3 is 4.74 Å². The molecule has 0 amide bonds. The summed E-state index contributed by atoms with van der Waals surface area (Å²) in [6.07, 6.45) is 5.28. The summed E-state index contributed by atoms with van der Waals surface area (Å²) in [5, 5.41) is 0. The maximum absolute atomic E-state index is 5.64. The molecule has 2 heteroatoms. The van der Waals surface area contributed by atoms with Gasteiger partial charge in [0, 0.05) is 11.6 Å². The standard InChI is InChI=1S/C10H19NO/c1-3-5-10-6-4-9(11(10)2)7-12-8-10/h9H,3-8H2,1-2H3. The number of rotatable bonds is 2. The monoisotopic (exact) mass is 169 g/mol. The highest BCUT2D eigenvalue weighted by Crippen LogP contribution is 2.39. The van der Waals surface area contributed by atoms with Gasteiger partial charge in [-0.2, -0.15) is 0 Å². The van der Waals surface area contributed by atoms with E-state index in [1.807, 2.05) is 0 Å². The molecule has 70 valence electrons. The van der Waals surface area contributed by atoms with E-state index in [1.54, 1.807) is 0 Å². The Morgan fingerprint density at radius 2 is 2.42 bits per heavy atom. The molecule has 2 fully saturated rings. The van der Waals surface area contributed by atoms with Crippen molar-refractivity contribution in [3.05, 3.63) is 0 Å². The van der Waals surface area contributed by atoms with Crippen LogP contribution in [0.1, 0.15) is 32.6 Å². The van der Waals surface area contributed by atoms with Crippen LogP contribution >= 0.6 is 0 Å². The zero-order valence-corrected chi connectivity index (χ0v) is 8.18. The van der Waals surface area contributed by atoms with Crippen molar-refractivity contribution < 1.29 is 4.74 Å². The van der Waals surface area contributed by atoms with Crippen LogP contribution in [0.2, 0.25) is 0 Å². The molecule has 2 rings (SSSR count). The molecule has 0 aromatic rings. The first-order valence-electron chi connectivity index (χ1n) is 5.09. The Morgan fingerprint density at radius 3 is 3.17 bits per heavy atom. The summed E-state index contributed by atoms with van der Waals surface area (Å²) in [4.78, 5) is 2.57. The summed E-state index contributed by atoms with van der Waals surface area (Å²) < 4.78 is 5.64. The maximum atomic E-state index is 5.64. The van der Waals surface area contributed by atoms with Crippen molar-refractivity contribution in [3.63, 3.8) is 0 Å². The van der Waals surface area contributed by atoms with Crippen LogP contribution < -0.4 is 0 Å². The van der Waals surface area contributed by atoms with Crippen LogP contribution in [-0.4, -0.2) is 36.7 Å². The van der Waals surface area contributed by atoms with Crippen molar-refractivity contribution in [2.45, 2.75) is 44.2 Å². The zero-order chi connectivity index (χ0) is 8.60. The molecular weight excluding hydrogens is 150 g/mol. The van der Waals surface area contributed by atoms with Gasteiger partial charge in [0.25, 0.3) is 0 Å². The minimum absolute atomic E-state index is 0.414. The average molecular weight is 169 g/mol. The third-order valence-electron chi connectivity index (χ3n) is 3.64. The van der Waals surface area contributed by atoms with Gasteiger partial charge in [-0.1, -0.05) is 13.3 Å². The van der Waals surface area contributed by atoms with E-state index in [4.69, 9.17) is 4.74 Å². The summed E-state index contributed by atoms with van der Waals surface area (Å²) in [6.45, 7) is 4.19. The fourth-order valence-corrected chi connectivity index (χ4v) is 2.79. The molecule has 12 heavy (non-hydrogen) atoms. The van der Waals surface area contributed by atoms with Crippen molar-refractivity contribution >= 4 is 0 Å². The van der Waals surface area contributed by atoms with Crippen LogP contribution in [0, 0.1) is 0 Å². The van der Waals surface area contributed by atoms with E-state index < -0.39 is 0 Å². The molecule has 0 aromatic heterocycles. The van der Waals surface area contributed by atoms with Crippen molar-refractivity contribution in [3.8, 4) is 0 Å². The molecular formula is C10H19NO. The fraction of sp³-hybridized carbons (Fsp3) is 1.00. The highest BCUT2D eigenvalue weighted by Gasteiger charge is 2.46. The lowest BCUT2D eigenvalue weighted by atomic mass is 9.92. The van der Waals surface area contributed by atoms with E-state index in [-0.39, 0.29) is 0 Å². The van der Waals surface area contributed by atoms with Gasteiger partial charge in [0.15, 0.2) is 0 Å². The summed E-state index contributed by atoms with van der Waals surface area (Å²) in [5.74, 6) is 0. The second-order valence-electron chi connectivity index (χ2n) is 4.29. The average Bonchev–Trinajstić information content (AvgIpc) is 2.30. The van der Waals surface area contributed by atoms with Gasteiger partial charge in [-0.15, -0.1) is 0 Å². The smallest absolute Gasteiger partial charge is 0.0651 e. The molecule has 0 aromatic carbocycles. The number of hydrogen-bond donors (Lipinski definition) is 0. The molecule has 2 saturated heterocycles. The minimum atomic E-state index is 0.414. The Labute approximate surface area is 74.9 Å². The van der Waals surface area contributed by atoms with Crippen LogP contribution in [0.5, 0.6) is 0 Å². The summed E-state index contributed by atoms with van der Waals surface area (Å²) in [6, 6.07) is 0.713. The topological polar surface area (TPSA) is 12.5 Å². The van der Waals surface area contributed by atoms with Gasteiger partial charge in [-0.25, -0.2) is 0 Å². The highest BCUT2D eigenvalue weighted by atomic mass is 16.5. The maximum Gasteiger partial charge on any atom is 0.0651 e. The van der Waals surface area contributed by atoms with Gasteiger partial charge in [0.2, 0.25) is 0 Å². The largest absolute Gasteiger partial charge is 0.378 e.